The quantitative estimate of drug-likeness (QED) is 0.771. The number of nitrogens with two attached hydrogens (primary N) is 1. The molecular formula is C15H23NO4. The van der Waals surface area contributed by atoms with E-state index in [4.69, 9.17) is 19.9 Å². The third-order valence-corrected chi connectivity index (χ3v) is 3.26. The van der Waals surface area contributed by atoms with Crippen molar-refractivity contribution in [3.63, 3.8) is 0 Å². The van der Waals surface area contributed by atoms with E-state index in [0.29, 0.717) is 24.5 Å². The molecule has 1 rings (SSSR count). The van der Waals surface area contributed by atoms with Gasteiger partial charge >= 0.3 is 5.97 Å². The van der Waals surface area contributed by atoms with E-state index < -0.39 is 5.41 Å². The summed E-state index contributed by atoms with van der Waals surface area (Å²) < 4.78 is 15.5. The molecule has 20 heavy (non-hydrogen) atoms. The van der Waals surface area contributed by atoms with Crippen LogP contribution < -0.4 is 15.2 Å². The molecule has 0 fully saturated rings. The Morgan fingerprint density at radius 1 is 1.25 bits per heavy atom. The van der Waals surface area contributed by atoms with Gasteiger partial charge in [0, 0.05) is 6.54 Å². The number of methoxy groups -OCH3 is 2. The Kier molecular flexibility index (Phi) is 5.82. The molecule has 112 valence electrons. The number of ether oxygens (including phenoxy) is 3. The van der Waals surface area contributed by atoms with Crippen molar-refractivity contribution < 1.29 is 19.0 Å². The number of hydrogen-bond donors (Lipinski definition) is 1. The largest absolute Gasteiger partial charge is 0.493 e. The average molecular weight is 281 g/mol. The van der Waals surface area contributed by atoms with Crippen LogP contribution in [0.25, 0.3) is 0 Å². The number of benzene rings is 1. The first-order valence-corrected chi connectivity index (χ1v) is 6.59. The van der Waals surface area contributed by atoms with Crippen LogP contribution in [0.3, 0.4) is 0 Å². The second-order valence-corrected chi connectivity index (χ2v) is 4.85. The van der Waals surface area contributed by atoms with Crippen molar-refractivity contribution in [3.8, 4) is 11.5 Å². The molecule has 1 aromatic carbocycles. The molecule has 0 saturated heterocycles. The second-order valence-electron chi connectivity index (χ2n) is 4.85. The fourth-order valence-corrected chi connectivity index (χ4v) is 1.97. The van der Waals surface area contributed by atoms with Crippen LogP contribution in [-0.2, 0) is 16.0 Å². The number of carbonyl (C=O) groups excluding carboxylic acids is 1. The van der Waals surface area contributed by atoms with E-state index in [9.17, 15) is 4.79 Å². The minimum atomic E-state index is -0.740. The standard InChI is InChI=1S/C15H23NO4/c1-5-20-14(17)15(2,10-16)9-11-6-7-12(18-3)13(8-11)19-4/h6-8H,5,9-10,16H2,1-4H3. The fraction of sp³-hybridized carbons (Fsp3) is 0.533. The second kappa shape index (κ2) is 7.14. The van der Waals surface area contributed by atoms with Crippen molar-refractivity contribution in [2.45, 2.75) is 20.3 Å². The van der Waals surface area contributed by atoms with Gasteiger partial charge in [-0.15, -0.1) is 0 Å². The van der Waals surface area contributed by atoms with Gasteiger partial charge in [0.2, 0.25) is 0 Å². The molecule has 5 nitrogen and oxygen atoms in total. The molecule has 1 atom stereocenters. The summed E-state index contributed by atoms with van der Waals surface area (Å²) in [6.07, 6.45) is 0.489. The van der Waals surface area contributed by atoms with Crippen LogP contribution in [0.1, 0.15) is 19.4 Å². The molecule has 0 heterocycles. The lowest BCUT2D eigenvalue weighted by Crippen LogP contribution is -2.39. The van der Waals surface area contributed by atoms with Crippen molar-refractivity contribution in [1.29, 1.82) is 0 Å². The molecule has 0 aliphatic carbocycles. The Labute approximate surface area is 120 Å². The summed E-state index contributed by atoms with van der Waals surface area (Å²) in [6.45, 7) is 4.16. The third-order valence-electron chi connectivity index (χ3n) is 3.26. The van der Waals surface area contributed by atoms with E-state index in [0.717, 1.165) is 5.56 Å². The summed E-state index contributed by atoms with van der Waals surface area (Å²) in [5.74, 6) is 1.01. The fourth-order valence-electron chi connectivity index (χ4n) is 1.97. The highest BCUT2D eigenvalue weighted by atomic mass is 16.5. The van der Waals surface area contributed by atoms with Gasteiger partial charge in [0.25, 0.3) is 0 Å². The van der Waals surface area contributed by atoms with Gasteiger partial charge in [0.1, 0.15) is 0 Å². The van der Waals surface area contributed by atoms with Gasteiger partial charge in [-0.3, -0.25) is 4.79 Å². The monoisotopic (exact) mass is 281 g/mol. The van der Waals surface area contributed by atoms with Crippen LogP contribution in [0.15, 0.2) is 18.2 Å². The summed E-state index contributed by atoms with van der Waals surface area (Å²) >= 11 is 0. The first kappa shape index (κ1) is 16.3. The Balaban J connectivity index is 2.98. The van der Waals surface area contributed by atoms with Gasteiger partial charge in [0.05, 0.1) is 26.2 Å². The smallest absolute Gasteiger partial charge is 0.313 e. The van der Waals surface area contributed by atoms with Gasteiger partial charge in [-0.25, -0.2) is 0 Å². The van der Waals surface area contributed by atoms with Crippen molar-refractivity contribution in [2.24, 2.45) is 11.1 Å². The minimum Gasteiger partial charge on any atom is -0.493 e. The molecule has 0 aliphatic rings. The van der Waals surface area contributed by atoms with Crippen molar-refractivity contribution >= 4 is 5.97 Å². The maximum Gasteiger partial charge on any atom is 0.313 e. The third kappa shape index (κ3) is 3.63. The van der Waals surface area contributed by atoms with Crippen molar-refractivity contribution in [2.75, 3.05) is 27.4 Å². The minimum absolute atomic E-state index is 0.222. The molecular weight excluding hydrogens is 258 g/mol. The van der Waals surface area contributed by atoms with Crippen molar-refractivity contribution in [1.82, 2.24) is 0 Å². The average Bonchev–Trinajstić information content (AvgIpc) is 2.47. The Morgan fingerprint density at radius 3 is 2.40 bits per heavy atom. The molecule has 0 aromatic heterocycles. The number of esters is 1. The highest BCUT2D eigenvalue weighted by Gasteiger charge is 2.33. The number of rotatable bonds is 7. The molecule has 0 bridgehead atoms. The maximum absolute atomic E-state index is 12.0. The first-order chi connectivity index (χ1) is 9.50. The molecule has 0 spiro atoms. The topological polar surface area (TPSA) is 70.8 Å². The van der Waals surface area contributed by atoms with Crippen molar-refractivity contribution in [3.05, 3.63) is 23.8 Å². The Bertz CT molecular complexity index is 461. The summed E-state index contributed by atoms with van der Waals surface area (Å²) in [4.78, 5) is 12.0. The highest BCUT2D eigenvalue weighted by molar-refractivity contribution is 5.77. The van der Waals surface area contributed by atoms with Gasteiger partial charge in [0.15, 0.2) is 11.5 Å². The maximum atomic E-state index is 12.0. The number of hydrogen-bond acceptors (Lipinski definition) is 5. The SMILES string of the molecule is CCOC(=O)C(C)(CN)Cc1ccc(OC)c(OC)c1. The van der Waals surface area contributed by atoms with Crippen LogP contribution in [-0.4, -0.2) is 33.3 Å². The molecule has 0 aliphatic heterocycles. The normalized spacial score (nSPS) is 13.4. The highest BCUT2D eigenvalue weighted by Crippen LogP contribution is 2.31. The molecule has 0 saturated carbocycles. The van der Waals surface area contributed by atoms with E-state index in [1.54, 1.807) is 21.1 Å². The zero-order valence-electron chi connectivity index (χ0n) is 12.6. The molecule has 0 amide bonds. The van der Waals surface area contributed by atoms with Crippen LogP contribution in [0.2, 0.25) is 0 Å². The molecule has 1 aromatic rings. The lowest BCUT2D eigenvalue weighted by Gasteiger charge is -2.25. The lowest BCUT2D eigenvalue weighted by atomic mass is 9.83. The summed E-state index contributed by atoms with van der Waals surface area (Å²) in [5.41, 5.74) is 5.96. The summed E-state index contributed by atoms with van der Waals surface area (Å²) in [6, 6.07) is 5.57. The zero-order valence-corrected chi connectivity index (χ0v) is 12.6. The first-order valence-electron chi connectivity index (χ1n) is 6.59. The van der Waals surface area contributed by atoms with E-state index in [2.05, 4.69) is 0 Å². The zero-order chi connectivity index (χ0) is 15.2. The van der Waals surface area contributed by atoms with E-state index in [1.165, 1.54) is 0 Å². The Morgan fingerprint density at radius 2 is 1.90 bits per heavy atom. The van der Waals surface area contributed by atoms with Crippen LogP contribution in [0, 0.1) is 5.41 Å². The van der Waals surface area contributed by atoms with E-state index >= 15 is 0 Å². The Hall–Kier alpha value is -1.75. The molecule has 5 heteroatoms. The molecule has 2 N–H and O–H groups in total. The predicted molar refractivity (Wildman–Crippen MR) is 77.0 cm³/mol. The molecule has 0 radical (unpaired) electrons. The summed E-state index contributed by atoms with van der Waals surface area (Å²) in [5, 5.41) is 0. The molecule has 1 unspecified atom stereocenters. The lowest BCUT2D eigenvalue weighted by molar-refractivity contribution is -0.153. The van der Waals surface area contributed by atoms with E-state index in [-0.39, 0.29) is 12.5 Å². The van der Waals surface area contributed by atoms with Gasteiger partial charge < -0.3 is 19.9 Å². The van der Waals surface area contributed by atoms with Gasteiger partial charge in [-0.1, -0.05) is 6.07 Å². The summed E-state index contributed by atoms with van der Waals surface area (Å²) in [7, 11) is 3.16. The van der Waals surface area contributed by atoms with Crippen LogP contribution in [0.4, 0.5) is 0 Å². The van der Waals surface area contributed by atoms with Gasteiger partial charge in [-0.2, -0.15) is 0 Å². The van der Waals surface area contributed by atoms with E-state index in [1.807, 2.05) is 25.1 Å². The van der Waals surface area contributed by atoms with Gasteiger partial charge in [-0.05, 0) is 38.0 Å². The van der Waals surface area contributed by atoms with Crippen LogP contribution in [0.5, 0.6) is 11.5 Å². The van der Waals surface area contributed by atoms with Crippen LogP contribution >= 0.6 is 0 Å². The number of carbonyl (C=O) groups is 1. The predicted octanol–water partition coefficient (Wildman–Crippen LogP) is 1.77.